The predicted octanol–water partition coefficient (Wildman–Crippen LogP) is 5.53. The maximum absolute atomic E-state index is 14.8. The standard InChI is InChI=1S/C35H54N8O3/c1-23(2)8-13-29(25-9-11-26(12-10-25)32(44)36-21-30-38-40-41-39-30)43-33(45)31(42-18-19-46-22-28(42)20-24(3)4)37-35(43)16-14-27(15-17-35)34(5,6)7/h9-12,23-24,27-29H,8,13-22H2,1-7H3,(H,36,44)(H,38,39,40,41)/t27?,28?,29-,35?/m1/s1. The topological polar surface area (TPSA) is 129 Å². The van der Waals surface area contributed by atoms with Gasteiger partial charge >= 0.3 is 0 Å². The minimum absolute atomic E-state index is 0.0422. The van der Waals surface area contributed by atoms with Crippen LogP contribution in [0, 0.1) is 23.2 Å². The molecule has 1 aromatic heterocycles. The molecule has 1 spiro atoms. The summed E-state index contributed by atoms with van der Waals surface area (Å²) >= 11 is 0. The number of benzene rings is 1. The van der Waals surface area contributed by atoms with Crippen LogP contribution in [-0.2, 0) is 16.1 Å². The van der Waals surface area contributed by atoms with Gasteiger partial charge in [0.1, 0.15) is 5.66 Å². The van der Waals surface area contributed by atoms with E-state index in [0.29, 0.717) is 54.7 Å². The molecule has 0 bridgehead atoms. The first-order chi connectivity index (χ1) is 21.9. The van der Waals surface area contributed by atoms with Gasteiger partial charge in [-0.15, -0.1) is 10.2 Å². The molecule has 2 aromatic rings. The highest BCUT2D eigenvalue weighted by Gasteiger charge is 2.54. The molecule has 3 aliphatic rings. The van der Waals surface area contributed by atoms with E-state index in [0.717, 1.165) is 50.5 Å². The Hall–Kier alpha value is -3.34. The molecular weight excluding hydrogens is 580 g/mol. The molecule has 2 N–H and O–H groups in total. The van der Waals surface area contributed by atoms with Gasteiger partial charge in [-0.05, 0) is 85.8 Å². The van der Waals surface area contributed by atoms with Crippen LogP contribution in [0.1, 0.15) is 121 Å². The maximum atomic E-state index is 14.8. The number of aliphatic imine (C=N–C) groups is 1. The monoisotopic (exact) mass is 634 g/mol. The molecule has 2 fully saturated rings. The highest BCUT2D eigenvalue weighted by molar-refractivity contribution is 6.39. The Kier molecular flexibility index (Phi) is 10.5. The molecular formula is C35H54N8O3. The van der Waals surface area contributed by atoms with Crippen LogP contribution in [-0.4, -0.2) is 79.5 Å². The Morgan fingerprint density at radius 3 is 2.41 bits per heavy atom. The molecule has 1 saturated carbocycles. The lowest BCUT2D eigenvalue weighted by atomic mass is 9.69. The van der Waals surface area contributed by atoms with Crippen LogP contribution in [0.3, 0.4) is 0 Å². The van der Waals surface area contributed by atoms with E-state index in [1.807, 2.05) is 24.3 Å². The number of tetrazole rings is 1. The third-order valence-corrected chi connectivity index (χ3v) is 10.1. The average molecular weight is 635 g/mol. The van der Waals surface area contributed by atoms with E-state index in [-0.39, 0.29) is 35.9 Å². The van der Waals surface area contributed by atoms with Crippen LogP contribution in [0.5, 0.6) is 0 Å². The number of hydrogen-bond acceptors (Lipinski definition) is 8. The summed E-state index contributed by atoms with van der Waals surface area (Å²) in [5.41, 5.74) is 1.23. The van der Waals surface area contributed by atoms with Gasteiger partial charge in [-0.1, -0.05) is 65.8 Å². The van der Waals surface area contributed by atoms with E-state index < -0.39 is 5.66 Å². The number of ether oxygens (including phenoxy) is 1. The van der Waals surface area contributed by atoms with Gasteiger partial charge in [-0.3, -0.25) is 9.59 Å². The normalized spacial score (nSPS) is 24.6. The summed E-state index contributed by atoms with van der Waals surface area (Å²) in [6.07, 6.45) is 6.57. The SMILES string of the molecule is CC(C)CC[C@H](c1ccc(C(=O)NCc2nn[nH]n2)cc1)N1C(=O)C(N2CCOCC2CC(C)C)=NC12CCC(C(C)(C)C)CC2. The number of nitrogens with one attached hydrogen (secondary N) is 2. The van der Waals surface area contributed by atoms with E-state index in [4.69, 9.17) is 9.73 Å². The van der Waals surface area contributed by atoms with Crippen molar-refractivity contribution in [1.82, 2.24) is 35.7 Å². The maximum Gasteiger partial charge on any atom is 0.291 e. The van der Waals surface area contributed by atoms with Crippen molar-refractivity contribution in [3.8, 4) is 0 Å². The number of carbonyl (C=O) groups is 2. The first-order valence-electron chi connectivity index (χ1n) is 17.3. The van der Waals surface area contributed by atoms with Crippen molar-refractivity contribution >= 4 is 17.6 Å². The molecule has 1 unspecified atom stereocenters. The lowest BCUT2D eigenvalue weighted by Crippen LogP contribution is -2.54. The summed E-state index contributed by atoms with van der Waals surface area (Å²) in [5, 5.41) is 16.6. The van der Waals surface area contributed by atoms with Crippen LogP contribution in [0.25, 0.3) is 0 Å². The molecule has 1 aromatic carbocycles. The molecule has 46 heavy (non-hydrogen) atoms. The second-order valence-corrected chi connectivity index (χ2v) is 15.4. The number of hydrogen-bond donors (Lipinski definition) is 2. The smallest absolute Gasteiger partial charge is 0.291 e. The summed E-state index contributed by atoms with van der Waals surface area (Å²) in [6, 6.07) is 7.74. The van der Waals surface area contributed by atoms with Crippen LogP contribution < -0.4 is 5.32 Å². The molecule has 11 nitrogen and oxygen atoms in total. The van der Waals surface area contributed by atoms with Crippen LogP contribution in [0.2, 0.25) is 0 Å². The number of amides is 2. The van der Waals surface area contributed by atoms with Crippen molar-refractivity contribution in [2.75, 3.05) is 19.8 Å². The number of H-pyrrole nitrogens is 1. The summed E-state index contributed by atoms with van der Waals surface area (Å²) in [5.74, 6) is 2.43. The fraction of sp³-hybridized carbons (Fsp3) is 0.714. The number of carbonyl (C=O) groups excluding carboxylic acids is 2. The third-order valence-electron chi connectivity index (χ3n) is 10.1. The van der Waals surface area contributed by atoms with E-state index in [1.165, 1.54) is 0 Å². The molecule has 2 atom stereocenters. The summed E-state index contributed by atoms with van der Waals surface area (Å²) in [6.45, 7) is 18.0. The van der Waals surface area contributed by atoms with Gasteiger partial charge in [0.2, 0.25) is 0 Å². The average Bonchev–Trinajstić information content (AvgIpc) is 3.63. The molecule has 1 aliphatic carbocycles. The quantitative estimate of drug-likeness (QED) is 0.352. The number of aromatic amines is 1. The minimum atomic E-state index is -0.572. The Balaban J connectivity index is 1.47. The summed E-state index contributed by atoms with van der Waals surface area (Å²) in [7, 11) is 0. The van der Waals surface area contributed by atoms with E-state index >= 15 is 0 Å². The largest absolute Gasteiger partial charge is 0.377 e. The highest BCUT2D eigenvalue weighted by Crippen LogP contribution is 2.50. The van der Waals surface area contributed by atoms with E-state index in [2.05, 4.69) is 84.2 Å². The second-order valence-electron chi connectivity index (χ2n) is 15.4. The molecule has 3 heterocycles. The van der Waals surface area contributed by atoms with Crippen molar-refractivity contribution in [3.05, 3.63) is 41.2 Å². The number of nitrogens with zero attached hydrogens (tertiary/aromatic N) is 6. The Labute approximate surface area is 274 Å². The predicted molar refractivity (Wildman–Crippen MR) is 178 cm³/mol. The van der Waals surface area contributed by atoms with Gasteiger partial charge in [-0.2, -0.15) is 5.21 Å². The minimum Gasteiger partial charge on any atom is -0.377 e. The number of amidine groups is 1. The van der Waals surface area contributed by atoms with E-state index in [1.54, 1.807) is 0 Å². The lowest BCUT2D eigenvalue weighted by molar-refractivity contribution is -0.134. The van der Waals surface area contributed by atoms with Crippen molar-refractivity contribution in [2.45, 2.75) is 118 Å². The lowest BCUT2D eigenvalue weighted by Gasteiger charge is -2.47. The first kappa shape index (κ1) is 34.0. The first-order valence-corrected chi connectivity index (χ1v) is 17.3. The molecule has 2 amide bonds. The summed E-state index contributed by atoms with van der Waals surface area (Å²) < 4.78 is 5.91. The van der Waals surface area contributed by atoms with Gasteiger partial charge in [0.25, 0.3) is 11.8 Å². The fourth-order valence-corrected chi connectivity index (χ4v) is 7.50. The molecule has 0 radical (unpaired) electrons. The molecule has 2 aliphatic heterocycles. The van der Waals surface area contributed by atoms with Crippen LogP contribution in [0.15, 0.2) is 29.3 Å². The van der Waals surface area contributed by atoms with Gasteiger partial charge in [-0.25, -0.2) is 4.99 Å². The number of aromatic nitrogens is 4. The second kappa shape index (κ2) is 14.2. The molecule has 5 rings (SSSR count). The van der Waals surface area contributed by atoms with E-state index in [9.17, 15) is 9.59 Å². The number of morpholine rings is 1. The Bertz CT molecular complexity index is 1340. The van der Waals surface area contributed by atoms with Gasteiger partial charge in [0.05, 0.1) is 31.8 Å². The zero-order valence-electron chi connectivity index (χ0n) is 28.9. The van der Waals surface area contributed by atoms with Gasteiger partial charge in [0.15, 0.2) is 11.7 Å². The van der Waals surface area contributed by atoms with Gasteiger partial charge < -0.3 is 19.9 Å². The zero-order chi connectivity index (χ0) is 33.1. The van der Waals surface area contributed by atoms with Gasteiger partial charge in [0, 0.05) is 12.1 Å². The highest BCUT2D eigenvalue weighted by atomic mass is 16.5. The number of rotatable bonds is 10. The molecule has 252 valence electrons. The van der Waals surface area contributed by atoms with Crippen molar-refractivity contribution in [1.29, 1.82) is 0 Å². The fourth-order valence-electron chi connectivity index (χ4n) is 7.50. The zero-order valence-corrected chi connectivity index (χ0v) is 28.9. The Morgan fingerprint density at radius 2 is 1.80 bits per heavy atom. The van der Waals surface area contributed by atoms with Crippen molar-refractivity contribution in [3.63, 3.8) is 0 Å². The molecule has 11 heteroatoms. The van der Waals surface area contributed by atoms with Crippen molar-refractivity contribution in [2.24, 2.45) is 28.2 Å². The summed E-state index contributed by atoms with van der Waals surface area (Å²) in [4.78, 5) is 37.7. The van der Waals surface area contributed by atoms with Crippen LogP contribution in [0.4, 0.5) is 0 Å². The molecule has 1 saturated heterocycles. The third kappa shape index (κ3) is 7.61. The van der Waals surface area contributed by atoms with Crippen molar-refractivity contribution < 1.29 is 14.3 Å². The Morgan fingerprint density at radius 1 is 1.09 bits per heavy atom. The van der Waals surface area contributed by atoms with Crippen LogP contribution >= 0.6 is 0 Å².